The molecule has 94 valence electrons. The first-order chi connectivity index (χ1) is 9.33. The van der Waals surface area contributed by atoms with Crippen molar-refractivity contribution < 1.29 is 9.21 Å². The number of H-pyrrole nitrogens is 1. The second-order valence-electron chi connectivity index (χ2n) is 3.73. The average Bonchev–Trinajstić information content (AvgIpc) is 3.13. The van der Waals surface area contributed by atoms with E-state index in [1.165, 1.54) is 12.7 Å². The highest BCUT2D eigenvalue weighted by molar-refractivity contribution is 6.01. The summed E-state index contributed by atoms with van der Waals surface area (Å²) in [6.45, 7) is 0. The maximum Gasteiger partial charge on any atom is 0.292 e. The van der Waals surface area contributed by atoms with E-state index in [0.29, 0.717) is 11.4 Å². The van der Waals surface area contributed by atoms with Crippen molar-refractivity contribution in [2.75, 3.05) is 5.32 Å². The highest BCUT2D eigenvalue weighted by Gasteiger charge is 2.09. The predicted molar refractivity (Wildman–Crippen MR) is 66.3 cm³/mol. The van der Waals surface area contributed by atoms with Crippen LogP contribution in [0.2, 0.25) is 0 Å². The van der Waals surface area contributed by atoms with Crippen LogP contribution in [0, 0.1) is 0 Å². The lowest BCUT2D eigenvalue weighted by Crippen LogP contribution is -2.13. The number of aromatic amines is 1. The molecule has 0 atom stereocenters. The molecular weight excluding hydrogens is 246 g/mol. The minimum Gasteiger partial charge on any atom is -0.444 e. The summed E-state index contributed by atoms with van der Waals surface area (Å²) in [6, 6.07) is 7.20. The number of rotatable bonds is 3. The molecule has 7 nitrogen and oxygen atoms in total. The largest absolute Gasteiger partial charge is 0.444 e. The van der Waals surface area contributed by atoms with Gasteiger partial charge < -0.3 is 9.73 Å². The molecular formula is C12H9N5O2. The Labute approximate surface area is 107 Å². The summed E-state index contributed by atoms with van der Waals surface area (Å²) in [4.78, 5) is 19.3. The van der Waals surface area contributed by atoms with E-state index in [1.807, 2.05) is 12.1 Å². The van der Waals surface area contributed by atoms with Crippen molar-refractivity contribution >= 4 is 11.6 Å². The topological polar surface area (TPSA) is 96.7 Å². The van der Waals surface area contributed by atoms with Gasteiger partial charge in [-0.1, -0.05) is 0 Å². The Hall–Kier alpha value is -2.96. The smallest absolute Gasteiger partial charge is 0.292 e. The number of carbonyl (C=O) groups excluding carboxylic acids is 1. The predicted octanol–water partition coefficient (Wildman–Crippen LogP) is 1.71. The van der Waals surface area contributed by atoms with Crippen LogP contribution in [0.1, 0.15) is 10.6 Å². The lowest BCUT2D eigenvalue weighted by molar-refractivity contribution is 0.101. The molecule has 0 aliphatic carbocycles. The Morgan fingerprint density at radius 3 is 2.74 bits per heavy atom. The summed E-state index contributed by atoms with van der Waals surface area (Å²) >= 11 is 0. The van der Waals surface area contributed by atoms with Crippen LogP contribution in [-0.2, 0) is 0 Å². The van der Waals surface area contributed by atoms with Gasteiger partial charge in [-0.25, -0.2) is 9.97 Å². The number of nitrogens with zero attached hydrogens (tertiary/aromatic N) is 3. The third-order valence-electron chi connectivity index (χ3n) is 2.49. The van der Waals surface area contributed by atoms with Crippen molar-refractivity contribution in [1.29, 1.82) is 0 Å². The zero-order valence-corrected chi connectivity index (χ0v) is 9.70. The fourth-order valence-corrected chi connectivity index (χ4v) is 1.58. The van der Waals surface area contributed by atoms with Crippen molar-refractivity contribution in [3.8, 4) is 11.3 Å². The molecule has 2 N–H and O–H groups in total. The van der Waals surface area contributed by atoms with E-state index >= 15 is 0 Å². The van der Waals surface area contributed by atoms with E-state index < -0.39 is 0 Å². The summed E-state index contributed by atoms with van der Waals surface area (Å²) in [7, 11) is 0. The molecule has 0 unspecified atom stereocenters. The Morgan fingerprint density at radius 1 is 1.26 bits per heavy atom. The van der Waals surface area contributed by atoms with E-state index in [1.54, 1.807) is 18.3 Å². The van der Waals surface area contributed by atoms with Crippen LogP contribution in [0.25, 0.3) is 11.3 Å². The first kappa shape index (κ1) is 11.1. The number of anilines is 1. The Morgan fingerprint density at radius 2 is 2.11 bits per heavy atom. The number of benzene rings is 1. The van der Waals surface area contributed by atoms with Crippen LogP contribution in [-0.4, -0.2) is 26.1 Å². The zero-order chi connectivity index (χ0) is 13.1. The minimum atomic E-state index is -0.343. The molecule has 3 rings (SSSR count). The zero-order valence-electron chi connectivity index (χ0n) is 9.70. The molecule has 0 aliphatic rings. The van der Waals surface area contributed by atoms with Gasteiger partial charge in [-0.2, -0.15) is 5.10 Å². The molecule has 0 fully saturated rings. The molecule has 0 bridgehead atoms. The molecule has 1 aromatic carbocycles. The average molecular weight is 255 g/mol. The minimum absolute atomic E-state index is 0.166. The van der Waals surface area contributed by atoms with Gasteiger partial charge in [0.1, 0.15) is 6.33 Å². The summed E-state index contributed by atoms with van der Waals surface area (Å²) in [6.07, 6.45) is 4.28. The molecule has 2 aromatic heterocycles. The van der Waals surface area contributed by atoms with Crippen LogP contribution in [0.3, 0.4) is 0 Å². The molecule has 7 heteroatoms. The third kappa shape index (κ3) is 2.34. The maximum absolute atomic E-state index is 11.7. The quantitative estimate of drug-likeness (QED) is 0.742. The Kier molecular flexibility index (Phi) is 2.77. The highest BCUT2D eigenvalue weighted by Crippen LogP contribution is 2.20. The maximum atomic E-state index is 11.7. The Bertz CT molecular complexity index is 659. The van der Waals surface area contributed by atoms with Gasteiger partial charge in [-0.3, -0.25) is 9.89 Å². The van der Waals surface area contributed by atoms with E-state index in [9.17, 15) is 4.79 Å². The number of hydrogen-bond donors (Lipinski definition) is 2. The third-order valence-corrected chi connectivity index (χ3v) is 2.49. The molecule has 2 heterocycles. The van der Waals surface area contributed by atoms with Crippen molar-refractivity contribution in [2.24, 2.45) is 0 Å². The summed E-state index contributed by atoms with van der Waals surface area (Å²) < 4.78 is 5.18. The SMILES string of the molecule is O=C(Nc1ccc(-c2cnco2)cc1)c1ncn[nH]1. The van der Waals surface area contributed by atoms with E-state index in [0.717, 1.165) is 5.56 Å². The monoisotopic (exact) mass is 255 g/mol. The van der Waals surface area contributed by atoms with Gasteiger partial charge in [-0.15, -0.1) is 0 Å². The first-order valence-corrected chi connectivity index (χ1v) is 5.48. The van der Waals surface area contributed by atoms with Gasteiger partial charge in [0, 0.05) is 11.3 Å². The molecule has 0 spiro atoms. The highest BCUT2D eigenvalue weighted by atomic mass is 16.3. The van der Waals surface area contributed by atoms with Crippen LogP contribution >= 0.6 is 0 Å². The second kappa shape index (κ2) is 4.73. The summed E-state index contributed by atoms with van der Waals surface area (Å²) in [5.41, 5.74) is 1.54. The molecule has 0 radical (unpaired) electrons. The molecule has 1 amide bonds. The Balaban J connectivity index is 1.75. The van der Waals surface area contributed by atoms with Crippen LogP contribution in [0.4, 0.5) is 5.69 Å². The number of amides is 1. The molecule has 0 aliphatic heterocycles. The van der Waals surface area contributed by atoms with Crippen molar-refractivity contribution in [3.05, 3.63) is 49.0 Å². The van der Waals surface area contributed by atoms with Crippen molar-refractivity contribution in [3.63, 3.8) is 0 Å². The number of aromatic nitrogens is 4. The van der Waals surface area contributed by atoms with Crippen molar-refractivity contribution in [2.45, 2.75) is 0 Å². The van der Waals surface area contributed by atoms with Gasteiger partial charge in [0.25, 0.3) is 5.91 Å². The van der Waals surface area contributed by atoms with Crippen LogP contribution in [0.15, 0.2) is 47.6 Å². The lowest BCUT2D eigenvalue weighted by Gasteiger charge is -2.03. The fourth-order valence-electron chi connectivity index (χ4n) is 1.58. The number of nitrogens with one attached hydrogen (secondary N) is 2. The van der Waals surface area contributed by atoms with E-state index in [2.05, 4.69) is 25.5 Å². The summed E-state index contributed by atoms with van der Waals surface area (Å²) in [5.74, 6) is 0.498. The standard InChI is InChI=1S/C12H9N5O2/c18-12(11-14-6-15-17-11)16-9-3-1-8(2-4-9)10-5-13-7-19-10/h1-7H,(H,16,18)(H,14,15,17). The van der Waals surface area contributed by atoms with Gasteiger partial charge in [0.05, 0.1) is 6.20 Å². The molecule has 19 heavy (non-hydrogen) atoms. The number of carbonyl (C=O) groups is 1. The normalized spacial score (nSPS) is 10.3. The van der Waals surface area contributed by atoms with Crippen LogP contribution in [0.5, 0.6) is 0 Å². The molecule has 0 saturated carbocycles. The second-order valence-corrected chi connectivity index (χ2v) is 3.73. The lowest BCUT2D eigenvalue weighted by atomic mass is 10.1. The molecule has 3 aromatic rings. The molecule has 0 saturated heterocycles. The van der Waals surface area contributed by atoms with E-state index in [-0.39, 0.29) is 11.7 Å². The van der Waals surface area contributed by atoms with Gasteiger partial charge in [0.2, 0.25) is 5.82 Å². The van der Waals surface area contributed by atoms with Gasteiger partial charge >= 0.3 is 0 Å². The van der Waals surface area contributed by atoms with Crippen molar-refractivity contribution in [1.82, 2.24) is 20.2 Å². The van der Waals surface area contributed by atoms with Crippen LogP contribution < -0.4 is 5.32 Å². The number of oxazole rings is 1. The summed E-state index contributed by atoms with van der Waals surface area (Å²) in [5, 5.41) is 8.81. The fraction of sp³-hybridized carbons (Fsp3) is 0. The number of hydrogen-bond acceptors (Lipinski definition) is 5. The van der Waals surface area contributed by atoms with Gasteiger partial charge in [-0.05, 0) is 24.3 Å². The van der Waals surface area contributed by atoms with E-state index in [4.69, 9.17) is 4.42 Å². The first-order valence-electron chi connectivity index (χ1n) is 5.48. The van der Waals surface area contributed by atoms with Gasteiger partial charge in [0.15, 0.2) is 12.2 Å².